The Hall–Kier alpha value is -2.75. The summed E-state index contributed by atoms with van der Waals surface area (Å²) in [4.78, 5) is 14.6. The number of benzene rings is 2. The molecule has 4 heteroatoms. The number of H-pyrrole nitrogens is 1. The third kappa shape index (κ3) is 2.15. The van der Waals surface area contributed by atoms with Gasteiger partial charge in [0.2, 0.25) is 5.88 Å². The van der Waals surface area contributed by atoms with Crippen LogP contribution in [0.4, 0.5) is 5.69 Å². The van der Waals surface area contributed by atoms with Crippen LogP contribution in [0.15, 0.2) is 59.4 Å². The van der Waals surface area contributed by atoms with Gasteiger partial charge >= 0.3 is 0 Å². The maximum atomic E-state index is 11.9. The zero-order valence-corrected chi connectivity index (χ0v) is 10.1. The topological polar surface area (TPSA) is 68.1 Å². The number of para-hydroxylation sites is 2. The second-order valence-electron chi connectivity index (χ2n) is 4.19. The number of fused-ring (bicyclic) bond motifs is 1. The van der Waals surface area contributed by atoms with Gasteiger partial charge in [-0.3, -0.25) is 9.78 Å². The first-order valence-electron chi connectivity index (χ1n) is 5.88. The van der Waals surface area contributed by atoms with Gasteiger partial charge in [0.1, 0.15) is 0 Å². The summed E-state index contributed by atoms with van der Waals surface area (Å²) in [5.41, 5.74) is 6.15. The second kappa shape index (κ2) is 4.49. The molecule has 0 saturated heterocycles. The summed E-state index contributed by atoms with van der Waals surface area (Å²) in [7, 11) is 0. The molecule has 0 bridgehead atoms. The van der Waals surface area contributed by atoms with E-state index in [4.69, 9.17) is 10.5 Å². The highest BCUT2D eigenvalue weighted by Gasteiger charge is 2.05. The minimum Gasteiger partial charge on any atom is -0.439 e. The zero-order chi connectivity index (χ0) is 13.2. The van der Waals surface area contributed by atoms with E-state index in [1.807, 2.05) is 30.3 Å². The predicted octanol–water partition coefficient (Wildman–Crippen LogP) is 2.90. The molecule has 0 amide bonds. The van der Waals surface area contributed by atoms with Crippen LogP contribution in [0.5, 0.6) is 11.6 Å². The Kier molecular flexibility index (Phi) is 2.68. The molecule has 19 heavy (non-hydrogen) atoms. The van der Waals surface area contributed by atoms with Crippen LogP contribution in [0, 0.1) is 0 Å². The highest BCUT2D eigenvalue weighted by Crippen LogP contribution is 2.26. The predicted molar refractivity (Wildman–Crippen MR) is 75.5 cm³/mol. The normalized spacial score (nSPS) is 10.5. The van der Waals surface area contributed by atoms with Gasteiger partial charge in [0.15, 0.2) is 5.75 Å². The van der Waals surface area contributed by atoms with Gasteiger partial charge in [0, 0.05) is 11.5 Å². The minimum atomic E-state index is -0.178. The lowest BCUT2D eigenvalue weighted by atomic mass is 10.2. The quantitative estimate of drug-likeness (QED) is 0.689. The number of pyridine rings is 1. The number of ether oxygens (including phenoxy) is 1. The number of nitrogens with two attached hydrogens (primary N) is 1. The van der Waals surface area contributed by atoms with Crippen LogP contribution >= 0.6 is 0 Å². The van der Waals surface area contributed by atoms with E-state index in [-0.39, 0.29) is 5.56 Å². The van der Waals surface area contributed by atoms with Crippen LogP contribution in [-0.4, -0.2) is 4.98 Å². The molecule has 0 atom stereocenters. The molecule has 0 radical (unpaired) electrons. The van der Waals surface area contributed by atoms with Crippen LogP contribution in [0.25, 0.3) is 10.8 Å². The Morgan fingerprint density at radius 2 is 1.74 bits per heavy atom. The number of aromatic nitrogens is 1. The molecule has 0 fully saturated rings. The van der Waals surface area contributed by atoms with E-state index >= 15 is 0 Å². The van der Waals surface area contributed by atoms with Gasteiger partial charge in [0.05, 0.1) is 5.69 Å². The monoisotopic (exact) mass is 252 g/mol. The smallest absolute Gasteiger partial charge is 0.258 e. The van der Waals surface area contributed by atoms with Crippen molar-refractivity contribution in [3.63, 3.8) is 0 Å². The molecule has 3 aromatic rings. The third-order valence-electron chi connectivity index (χ3n) is 2.87. The summed E-state index contributed by atoms with van der Waals surface area (Å²) in [5.74, 6) is 0.898. The summed E-state index contributed by atoms with van der Waals surface area (Å²) >= 11 is 0. The van der Waals surface area contributed by atoms with E-state index in [0.29, 0.717) is 22.7 Å². The standard InChI is InChI=1S/C15H12N2O2/c16-12-7-3-4-8-13(12)19-14-9-10-5-1-2-6-11(10)15(18)17-14/h1-9H,16H2,(H,17,18). The Morgan fingerprint density at radius 1 is 1.00 bits per heavy atom. The number of rotatable bonds is 2. The number of nitrogen functional groups attached to an aromatic ring is 1. The third-order valence-corrected chi connectivity index (χ3v) is 2.87. The molecule has 2 aromatic carbocycles. The molecule has 3 rings (SSSR count). The summed E-state index contributed by atoms with van der Waals surface area (Å²) < 4.78 is 5.62. The Labute approximate surface area is 109 Å². The maximum absolute atomic E-state index is 11.9. The van der Waals surface area contributed by atoms with Gasteiger partial charge in [0.25, 0.3) is 5.56 Å². The van der Waals surface area contributed by atoms with E-state index in [0.717, 1.165) is 5.39 Å². The largest absolute Gasteiger partial charge is 0.439 e. The maximum Gasteiger partial charge on any atom is 0.258 e. The second-order valence-corrected chi connectivity index (χ2v) is 4.19. The highest BCUT2D eigenvalue weighted by molar-refractivity contribution is 5.82. The number of aromatic amines is 1. The van der Waals surface area contributed by atoms with Gasteiger partial charge < -0.3 is 10.5 Å². The van der Waals surface area contributed by atoms with Crippen molar-refractivity contribution in [3.05, 3.63) is 65.0 Å². The summed E-state index contributed by atoms with van der Waals surface area (Å²) in [6.07, 6.45) is 0. The first-order chi connectivity index (χ1) is 9.24. The highest BCUT2D eigenvalue weighted by atomic mass is 16.5. The number of hydrogen-bond donors (Lipinski definition) is 2. The minimum absolute atomic E-state index is 0.178. The fourth-order valence-corrected chi connectivity index (χ4v) is 1.93. The van der Waals surface area contributed by atoms with Crippen molar-refractivity contribution in [1.29, 1.82) is 0 Å². The molecular formula is C15H12N2O2. The van der Waals surface area contributed by atoms with Crippen molar-refractivity contribution in [3.8, 4) is 11.6 Å². The molecule has 3 N–H and O–H groups in total. The fourth-order valence-electron chi connectivity index (χ4n) is 1.93. The van der Waals surface area contributed by atoms with Crippen LogP contribution in [0.3, 0.4) is 0 Å². The summed E-state index contributed by atoms with van der Waals surface area (Å²) in [6, 6.07) is 16.3. The van der Waals surface area contributed by atoms with Crippen LogP contribution < -0.4 is 16.0 Å². The molecule has 0 aliphatic rings. The van der Waals surface area contributed by atoms with Crippen molar-refractivity contribution in [2.75, 3.05) is 5.73 Å². The van der Waals surface area contributed by atoms with Gasteiger partial charge in [-0.05, 0) is 23.6 Å². The van der Waals surface area contributed by atoms with Gasteiger partial charge in [-0.25, -0.2) is 0 Å². The van der Waals surface area contributed by atoms with Gasteiger partial charge in [-0.15, -0.1) is 0 Å². The van der Waals surface area contributed by atoms with Crippen LogP contribution in [0.2, 0.25) is 0 Å². The first-order valence-corrected chi connectivity index (χ1v) is 5.88. The molecule has 0 aliphatic carbocycles. The molecule has 1 aromatic heterocycles. The molecule has 94 valence electrons. The fraction of sp³-hybridized carbons (Fsp3) is 0. The molecule has 1 heterocycles. The van der Waals surface area contributed by atoms with Crippen molar-refractivity contribution < 1.29 is 4.74 Å². The van der Waals surface area contributed by atoms with Crippen molar-refractivity contribution in [1.82, 2.24) is 4.98 Å². The number of nitrogens with one attached hydrogen (secondary N) is 1. The lowest BCUT2D eigenvalue weighted by Gasteiger charge is -2.08. The zero-order valence-electron chi connectivity index (χ0n) is 10.1. The SMILES string of the molecule is Nc1ccccc1Oc1cc2ccccc2c(=O)[nH]1. The van der Waals surface area contributed by atoms with Gasteiger partial charge in [-0.1, -0.05) is 30.3 Å². The summed E-state index contributed by atoms with van der Waals surface area (Å²) in [6.45, 7) is 0. The van der Waals surface area contributed by atoms with Crippen molar-refractivity contribution in [2.45, 2.75) is 0 Å². The Morgan fingerprint density at radius 3 is 2.58 bits per heavy atom. The number of anilines is 1. The molecule has 0 spiro atoms. The first kappa shape index (κ1) is 11.3. The van der Waals surface area contributed by atoms with E-state index < -0.39 is 0 Å². The Balaban J connectivity index is 2.07. The van der Waals surface area contributed by atoms with Crippen LogP contribution in [-0.2, 0) is 0 Å². The lowest BCUT2D eigenvalue weighted by molar-refractivity contribution is 0.465. The number of hydrogen-bond acceptors (Lipinski definition) is 3. The molecular weight excluding hydrogens is 240 g/mol. The lowest BCUT2D eigenvalue weighted by Crippen LogP contribution is -2.07. The van der Waals surface area contributed by atoms with Gasteiger partial charge in [-0.2, -0.15) is 0 Å². The van der Waals surface area contributed by atoms with E-state index in [1.165, 1.54) is 0 Å². The average molecular weight is 252 g/mol. The van der Waals surface area contributed by atoms with E-state index in [1.54, 1.807) is 24.3 Å². The molecule has 0 saturated carbocycles. The van der Waals surface area contributed by atoms with Crippen LogP contribution in [0.1, 0.15) is 0 Å². The molecule has 0 aliphatic heterocycles. The van der Waals surface area contributed by atoms with E-state index in [9.17, 15) is 4.79 Å². The molecule has 4 nitrogen and oxygen atoms in total. The van der Waals surface area contributed by atoms with Crippen molar-refractivity contribution >= 4 is 16.5 Å². The molecule has 0 unspecified atom stereocenters. The average Bonchev–Trinajstić information content (AvgIpc) is 2.42. The van der Waals surface area contributed by atoms with Crippen molar-refractivity contribution in [2.24, 2.45) is 0 Å². The Bertz CT molecular complexity index is 793. The van der Waals surface area contributed by atoms with E-state index in [2.05, 4.69) is 4.98 Å². The summed E-state index contributed by atoms with van der Waals surface area (Å²) in [5, 5.41) is 1.46.